The van der Waals surface area contributed by atoms with E-state index in [0.29, 0.717) is 46.0 Å². The first-order chi connectivity index (χ1) is 13.9. The number of aromatic nitrogens is 5. The van der Waals surface area contributed by atoms with Crippen LogP contribution in [0, 0.1) is 4.77 Å². The first-order valence-corrected chi connectivity index (χ1v) is 9.33. The van der Waals surface area contributed by atoms with Gasteiger partial charge in [0.25, 0.3) is 5.56 Å². The molecular formula is C18H22N6O4S. The summed E-state index contributed by atoms with van der Waals surface area (Å²) in [6, 6.07) is 3.28. The van der Waals surface area contributed by atoms with Gasteiger partial charge in [0.05, 0.1) is 38.0 Å². The number of carbonyl (C=O) groups excluding carboxylic acids is 1. The second-order valence-electron chi connectivity index (χ2n) is 6.35. The van der Waals surface area contributed by atoms with Crippen molar-refractivity contribution >= 4 is 29.0 Å². The number of H-pyrrole nitrogens is 1. The van der Waals surface area contributed by atoms with Gasteiger partial charge in [-0.2, -0.15) is 5.10 Å². The Morgan fingerprint density at radius 1 is 1.28 bits per heavy atom. The lowest BCUT2D eigenvalue weighted by atomic mass is 10.2. The zero-order chi connectivity index (χ0) is 21.0. The van der Waals surface area contributed by atoms with Crippen molar-refractivity contribution in [2.75, 3.05) is 14.2 Å². The molecule has 1 amide bonds. The third-order valence-corrected chi connectivity index (χ3v) is 4.91. The molecule has 11 heteroatoms. The third kappa shape index (κ3) is 4.45. The average Bonchev–Trinajstić information content (AvgIpc) is 3.05. The fourth-order valence-corrected chi connectivity index (χ4v) is 3.01. The second-order valence-corrected chi connectivity index (χ2v) is 6.74. The summed E-state index contributed by atoms with van der Waals surface area (Å²) in [5.41, 5.74) is 0.326. The van der Waals surface area contributed by atoms with Crippen molar-refractivity contribution in [1.29, 1.82) is 0 Å². The van der Waals surface area contributed by atoms with Crippen molar-refractivity contribution in [1.82, 2.24) is 29.6 Å². The van der Waals surface area contributed by atoms with E-state index >= 15 is 0 Å². The number of nitrogens with one attached hydrogen (secondary N) is 2. The van der Waals surface area contributed by atoms with Crippen molar-refractivity contribution in [3.05, 3.63) is 39.4 Å². The van der Waals surface area contributed by atoms with Crippen LogP contribution in [0.15, 0.2) is 23.3 Å². The van der Waals surface area contributed by atoms with Crippen LogP contribution >= 0.6 is 12.2 Å². The number of methoxy groups -OCH3 is 2. The number of benzene rings is 1. The number of hydrogen-bond acceptors (Lipinski definition) is 7. The van der Waals surface area contributed by atoms with Gasteiger partial charge in [-0.1, -0.05) is 0 Å². The normalized spacial score (nSPS) is 10.9. The number of aromatic amines is 1. The van der Waals surface area contributed by atoms with Crippen molar-refractivity contribution in [2.45, 2.75) is 25.9 Å². The minimum absolute atomic E-state index is 0.132. The smallest absolute Gasteiger partial charge is 0.261 e. The molecule has 0 bridgehead atoms. The molecule has 0 fully saturated rings. The molecule has 0 unspecified atom stereocenters. The standard InChI is InChI=1S/C18H22N6O4S/c1-23-15(21-22-18(23)29)9-19-16(25)5-4-6-24-10-20-12-8-14(28-3)13(27-2)7-11(12)17(24)26/h7-8,10H,4-6,9H2,1-3H3,(H,19,25)(H,22,29). The lowest BCUT2D eigenvalue weighted by molar-refractivity contribution is -0.121. The Bertz CT molecular complexity index is 1150. The summed E-state index contributed by atoms with van der Waals surface area (Å²) >= 11 is 5.03. The van der Waals surface area contributed by atoms with Gasteiger partial charge in [-0.05, 0) is 24.7 Å². The van der Waals surface area contributed by atoms with Gasteiger partial charge in [0.2, 0.25) is 5.91 Å². The van der Waals surface area contributed by atoms with Crippen LogP contribution in [0.2, 0.25) is 0 Å². The van der Waals surface area contributed by atoms with Gasteiger partial charge in [0.1, 0.15) is 0 Å². The van der Waals surface area contributed by atoms with Crippen LogP contribution in [0.4, 0.5) is 0 Å². The molecule has 0 radical (unpaired) electrons. The molecule has 3 aromatic rings. The van der Waals surface area contributed by atoms with Crippen LogP contribution in [-0.2, 0) is 24.9 Å². The zero-order valence-electron chi connectivity index (χ0n) is 16.4. The molecule has 2 N–H and O–H groups in total. The van der Waals surface area contributed by atoms with E-state index in [1.165, 1.54) is 25.1 Å². The van der Waals surface area contributed by atoms with Crippen LogP contribution in [0.3, 0.4) is 0 Å². The van der Waals surface area contributed by atoms with Gasteiger partial charge in [-0.25, -0.2) is 4.98 Å². The molecule has 3 rings (SSSR count). The van der Waals surface area contributed by atoms with Crippen LogP contribution < -0.4 is 20.3 Å². The molecule has 0 saturated heterocycles. The molecule has 0 aliphatic rings. The summed E-state index contributed by atoms with van der Waals surface area (Å²) in [5, 5.41) is 9.92. The first-order valence-electron chi connectivity index (χ1n) is 8.92. The van der Waals surface area contributed by atoms with E-state index < -0.39 is 0 Å². The molecule has 0 atom stereocenters. The zero-order valence-corrected chi connectivity index (χ0v) is 17.2. The van der Waals surface area contributed by atoms with Gasteiger partial charge in [-0.3, -0.25) is 19.3 Å². The van der Waals surface area contributed by atoms with Gasteiger partial charge < -0.3 is 19.4 Å². The number of amides is 1. The topological polar surface area (TPSA) is 116 Å². The summed E-state index contributed by atoms with van der Waals surface area (Å²) in [6.07, 6.45) is 2.24. The average molecular weight is 418 g/mol. The van der Waals surface area contributed by atoms with E-state index in [1.54, 1.807) is 23.7 Å². The van der Waals surface area contributed by atoms with Gasteiger partial charge in [-0.15, -0.1) is 0 Å². The van der Waals surface area contributed by atoms with Gasteiger partial charge in [0.15, 0.2) is 22.1 Å². The first kappa shape index (κ1) is 20.5. The summed E-state index contributed by atoms with van der Waals surface area (Å²) in [7, 11) is 4.81. The van der Waals surface area contributed by atoms with Crippen molar-refractivity contribution in [2.24, 2.45) is 7.05 Å². The van der Waals surface area contributed by atoms with E-state index in [0.717, 1.165) is 0 Å². The monoisotopic (exact) mass is 418 g/mol. The lowest BCUT2D eigenvalue weighted by Gasteiger charge is -2.10. The van der Waals surface area contributed by atoms with E-state index in [4.69, 9.17) is 21.7 Å². The molecule has 29 heavy (non-hydrogen) atoms. The summed E-state index contributed by atoms with van der Waals surface area (Å²) in [6.45, 7) is 0.650. The molecule has 0 spiro atoms. The Morgan fingerprint density at radius 3 is 2.66 bits per heavy atom. The van der Waals surface area contributed by atoms with Crippen molar-refractivity contribution < 1.29 is 14.3 Å². The highest BCUT2D eigenvalue weighted by Crippen LogP contribution is 2.29. The van der Waals surface area contributed by atoms with E-state index in [9.17, 15) is 9.59 Å². The number of carbonyl (C=O) groups is 1. The fraction of sp³-hybridized carbons (Fsp3) is 0.389. The maximum Gasteiger partial charge on any atom is 0.261 e. The molecule has 2 heterocycles. The molecule has 0 aliphatic carbocycles. The van der Waals surface area contributed by atoms with E-state index in [2.05, 4.69) is 20.5 Å². The molecule has 154 valence electrons. The highest BCUT2D eigenvalue weighted by Gasteiger charge is 2.11. The molecular weight excluding hydrogens is 396 g/mol. The SMILES string of the molecule is COc1cc2ncn(CCCC(=O)NCc3n[nH]c(=S)n3C)c(=O)c2cc1OC. The maximum atomic E-state index is 12.7. The number of fused-ring (bicyclic) bond motifs is 1. The van der Waals surface area contributed by atoms with Crippen LogP contribution in [0.25, 0.3) is 10.9 Å². The summed E-state index contributed by atoms with van der Waals surface area (Å²) < 4.78 is 14.2. The third-order valence-electron chi connectivity index (χ3n) is 4.55. The quantitative estimate of drug-likeness (QED) is 0.530. The Kier molecular flexibility index (Phi) is 6.27. The van der Waals surface area contributed by atoms with E-state index in [1.807, 2.05) is 0 Å². The Hall–Kier alpha value is -3.21. The predicted octanol–water partition coefficient (Wildman–Crippen LogP) is 1.30. The summed E-state index contributed by atoms with van der Waals surface area (Å²) in [4.78, 5) is 29.1. The second kappa shape index (κ2) is 8.86. The molecule has 2 aromatic heterocycles. The Balaban J connectivity index is 1.62. The van der Waals surface area contributed by atoms with Gasteiger partial charge in [0, 0.05) is 26.1 Å². The number of nitrogens with zero attached hydrogens (tertiary/aromatic N) is 4. The van der Waals surface area contributed by atoms with Gasteiger partial charge >= 0.3 is 0 Å². The van der Waals surface area contributed by atoms with Crippen LogP contribution in [0.1, 0.15) is 18.7 Å². The lowest BCUT2D eigenvalue weighted by Crippen LogP contribution is -2.25. The number of hydrogen-bond donors (Lipinski definition) is 2. The molecule has 10 nitrogen and oxygen atoms in total. The van der Waals surface area contributed by atoms with Crippen LogP contribution in [-0.4, -0.2) is 44.4 Å². The number of aryl methyl sites for hydroxylation is 1. The minimum Gasteiger partial charge on any atom is -0.493 e. The Labute approximate surface area is 171 Å². The summed E-state index contributed by atoms with van der Waals surface area (Å²) in [5.74, 6) is 1.48. The van der Waals surface area contributed by atoms with E-state index in [-0.39, 0.29) is 24.4 Å². The largest absolute Gasteiger partial charge is 0.493 e. The Morgan fingerprint density at radius 2 is 2.00 bits per heavy atom. The highest BCUT2D eigenvalue weighted by molar-refractivity contribution is 7.71. The predicted molar refractivity (Wildman–Crippen MR) is 109 cm³/mol. The maximum absolute atomic E-state index is 12.7. The van der Waals surface area contributed by atoms with Crippen molar-refractivity contribution in [3.8, 4) is 11.5 Å². The molecule has 0 aliphatic heterocycles. The number of ether oxygens (including phenoxy) is 2. The van der Waals surface area contributed by atoms with Crippen molar-refractivity contribution in [3.63, 3.8) is 0 Å². The van der Waals surface area contributed by atoms with Crippen LogP contribution in [0.5, 0.6) is 11.5 Å². The minimum atomic E-state index is -0.196. The molecule has 1 aromatic carbocycles. The number of rotatable bonds is 8. The highest BCUT2D eigenvalue weighted by atomic mass is 32.1. The fourth-order valence-electron chi connectivity index (χ4n) is 2.86. The molecule has 0 saturated carbocycles.